The van der Waals surface area contributed by atoms with Crippen LogP contribution in [-0.2, 0) is 21.4 Å². The Bertz CT molecular complexity index is 1440. The number of aryl methyl sites for hydroxylation is 1. The Balaban J connectivity index is 0.00000337. The van der Waals surface area contributed by atoms with E-state index in [9.17, 15) is 19.5 Å². The first kappa shape index (κ1) is 35.1. The molecule has 12 nitrogen and oxygen atoms in total. The van der Waals surface area contributed by atoms with Crippen molar-refractivity contribution < 1.29 is 81.8 Å². The van der Waals surface area contributed by atoms with Crippen molar-refractivity contribution >= 4 is 39.5 Å². The number of amides is 2. The van der Waals surface area contributed by atoms with Gasteiger partial charge in [-0.15, -0.1) is 17.9 Å². The molecule has 1 fully saturated rings. The van der Waals surface area contributed by atoms with Gasteiger partial charge in [0.1, 0.15) is 34.2 Å². The average Bonchev–Trinajstić information content (AvgIpc) is 3.66. The topological polar surface area (TPSA) is 149 Å². The van der Waals surface area contributed by atoms with E-state index in [4.69, 9.17) is 9.47 Å². The Morgan fingerprint density at radius 1 is 1.26 bits per heavy atom. The molecule has 3 atom stereocenters. The van der Waals surface area contributed by atoms with Gasteiger partial charge in [0.15, 0.2) is 5.82 Å². The van der Waals surface area contributed by atoms with Gasteiger partial charge >= 0.3 is 63.4 Å². The molecule has 0 spiro atoms. The van der Waals surface area contributed by atoms with Crippen LogP contribution in [0, 0.1) is 0 Å². The number of carbonyl (C=O) groups is 3. The molecule has 2 N–H and O–H groups in total. The number of hydrogen-bond donors (Lipinski definition) is 2. The fourth-order valence-electron chi connectivity index (χ4n) is 4.86. The van der Waals surface area contributed by atoms with E-state index in [0.717, 1.165) is 24.0 Å². The molecule has 2 amide bonds. The van der Waals surface area contributed by atoms with Crippen LogP contribution in [0.5, 0.6) is 5.88 Å². The van der Waals surface area contributed by atoms with Crippen molar-refractivity contribution in [3.8, 4) is 17.4 Å². The predicted molar refractivity (Wildman–Crippen MR) is 159 cm³/mol. The third-order valence-electron chi connectivity index (χ3n) is 6.82. The van der Waals surface area contributed by atoms with Gasteiger partial charge in [-0.3, -0.25) is 9.48 Å². The number of unbranched alkanes of at least 4 members (excludes halogenated alkanes) is 3. The molecule has 1 aliphatic heterocycles. The first-order chi connectivity index (χ1) is 20.0. The Kier molecular flexibility index (Phi) is 12.7. The second-order valence-electron chi connectivity index (χ2n) is 11.3. The molecule has 0 aliphatic carbocycles. The molecule has 1 aliphatic rings. The van der Waals surface area contributed by atoms with Crippen molar-refractivity contribution in [2.75, 3.05) is 6.54 Å². The molecule has 3 aromatic rings. The number of carboxylic acid groups (broad SMARTS) is 1. The molecule has 14 heteroatoms. The van der Waals surface area contributed by atoms with Crippen LogP contribution in [0.15, 0.2) is 36.4 Å². The molecule has 0 bridgehead atoms. The van der Waals surface area contributed by atoms with Crippen molar-refractivity contribution in [1.82, 2.24) is 30.0 Å². The first-order valence-corrected chi connectivity index (χ1v) is 14.9. The van der Waals surface area contributed by atoms with E-state index in [0.29, 0.717) is 35.8 Å². The third-order valence-corrected chi connectivity index (χ3v) is 7.71. The van der Waals surface area contributed by atoms with Gasteiger partial charge in [-0.25, -0.2) is 14.6 Å². The van der Waals surface area contributed by atoms with Crippen LogP contribution in [0.4, 0.5) is 4.79 Å². The summed E-state index contributed by atoms with van der Waals surface area (Å²) >= 11 is 1.42. The van der Waals surface area contributed by atoms with Crippen LogP contribution in [-0.4, -0.2) is 78.1 Å². The van der Waals surface area contributed by atoms with Gasteiger partial charge in [0.2, 0.25) is 11.8 Å². The normalized spacial score (nSPS) is 17.3. The molecule has 3 unspecified atom stereocenters. The van der Waals surface area contributed by atoms with Crippen molar-refractivity contribution in [3.63, 3.8) is 0 Å². The first-order valence-electron chi connectivity index (χ1n) is 14.0. The number of carboxylic acids is 1. The standard InChI is InChI=1S/C29H38N6O6S.K.H/c1-6-7-8-9-10-11-20(32-28(39)41-29(2,3)4)26(36)35-17-18(16-22(35)27(37)38)40-25-23-19(13-15-42-23)31-24(33-25)21-12-14-30-34(21)5;;/h6,12-15,18,20,22H,1,7-11,16-17H2,2-5H3,(H,32,39)(H,37,38);;/q;+1;-1. The molecule has 1 saturated heterocycles. The van der Waals surface area contributed by atoms with E-state index in [-0.39, 0.29) is 65.8 Å². The third kappa shape index (κ3) is 9.31. The van der Waals surface area contributed by atoms with Gasteiger partial charge in [-0.2, -0.15) is 10.1 Å². The van der Waals surface area contributed by atoms with Crippen molar-refractivity contribution in [2.45, 2.75) is 83.1 Å². The van der Waals surface area contributed by atoms with Crippen molar-refractivity contribution in [3.05, 3.63) is 36.4 Å². The quantitative estimate of drug-likeness (QED) is 0.172. The van der Waals surface area contributed by atoms with E-state index < -0.39 is 41.8 Å². The van der Waals surface area contributed by atoms with E-state index in [2.05, 4.69) is 27.0 Å². The smallest absolute Gasteiger partial charge is 1.00 e. The van der Waals surface area contributed by atoms with E-state index in [1.165, 1.54) is 16.2 Å². The van der Waals surface area contributed by atoms with Gasteiger partial charge in [0, 0.05) is 19.7 Å². The molecular formula is C29H39KN6O6S. The maximum absolute atomic E-state index is 13.8. The average molecular weight is 639 g/mol. The van der Waals surface area contributed by atoms with Gasteiger partial charge < -0.3 is 26.2 Å². The second kappa shape index (κ2) is 15.6. The Morgan fingerprint density at radius 2 is 2.02 bits per heavy atom. The minimum absolute atomic E-state index is 0. The summed E-state index contributed by atoms with van der Waals surface area (Å²) in [5, 5.41) is 18.8. The summed E-state index contributed by atoms with van der Waals surface area (Å²) in [6.07, 6.45) is 5.80. The number of nitrogens with one attached hydrogen (secondary N) is 1. The van der Waals surface area contributed by atoms with Gasteiger partial charge in [-0.05, 0) is 57.5 Å². The van der Waals surface area contributed by atoms with Crippen LogP contribution in [0.1, 0.15) is 60.7 Å². The van der Waals surface area contributed by atoms with E-state index in [1.807, 2.05) is 17.5 Å². The van der Waals surface area contributed by atoms with Crippen molar-refractivity contribution in [2.24, 2.45) is 7.05 Å². The largest absolute Gasteiger partial charge is 1.00 e. The number of ether oxygens (including phenoxy) is 2. The molecular weight excluding hydrogens is 600 g/mol. The number of aromatic nitrogens is 4. The molecule has 0 radical (unpaired) electrons. The summed E-state index contributed by atoms with van der Waals surface area (Å²) in [6, 6.07) is 1.59. The summed E-state index contributed by atoms with van der Waals surface area (Å²) in [5.74, 6) is -0.881. The summed E-state index contributed by atoms with van der Waals surface area (Å²) in [4.78, 5) is 49.2. The summed E-state index contributed by atoms with van der Waals surface area (Å²) < 4.78 is 14.1. The van der Waals surface area contributed by atoms with Gasteiger partial charge in [0.05, 0.1) is 12.1 Å². The Hall–Kier alpha value is -2.36. The Morgan fingerprint density at radius 3 is 2.67 bits per heavy atom. The SMILES string of the molecule is C=CCCCCCC(NC(=O)OC(C)(C)C)C(=O)N1CC(Oc2nc(-c3ccnn3C)nc3ccsc23)CC1C(=O)O.[H-].[K+]. The minimum atomic E-state index is -1.14. The number of likely N-dealkylation sites (tertiary alicyclic amines) is 1. The second-order valence-corrected chi connectivity index (χ2v) is 12.2. The zero-order valence-electron chi connectivity index (χ0n) is 26.4. The summed E-state index contributed by atoms with van der Waals surface area (Å²) in [5.41, 5.74) is 0.639. The number of carbonyl (C=O) groups excluding carboxylic acids is 2. The van der Waals surface area contributed by atoms with Gasteiger partial charge in [-0.1, -0.05) is 18.9 Å². The van der Waals surface area contributed by atoms with Crippen LogP contribution in [0.25, 0.3) is 21.7 Å². The maximum Gasteiger partial charge on any atom is 1.00 e. The molecule has 228 valence electrons. The van der Waals surface area contributed by atoms with Crippen molar-refractivity contribution in [1.29, 1.82) is 0 Å². The number of aliphatic carboxylic acids is 1. The number of nitrogens with zero attached hydrogens (tertiary/aromatic N) is 5. The van der Waals surface area contributed by atoms with Gasteiger partial charge in [0.25, 0.3) is 0 Å². The predicted octanol–water partition coefficient (Wildman–Crippen LogP) is 1.67. The monoisotopic (exact) mass is 638 g/mol. The number of hydrogen-bond acceptors (Lipinski definition) is 9. The zero-order chi connectivity index (χ0) is 30.4. The maximum atomic E-state index is 13.8. The number of allylic oxidation sites excluding steroid dienone is 1. The molecule has 4 rings (SSSR count). The number of thiophene rings is 1. The molecule has 0 aromatic carbocycles. The van der Waals surface area contributed by atoms with Crippen LogP contribution < -0.4 is 61.4 Å². The zero-order valence-corrected chi connectivity index (χ0v) is 29.3. The minimum Gasteiger partial charge on any atom is -1.00 e. The number of alkyl carbamates (subject to hydrolysis) is 1. The summed E-state index contributed by atoms with van der Waals surface area (Å²) in [7, 11) is 1.79. The van der Waals surface area contributed by atoms with E-state index >= 15 is 0 Å². The number of fused-ring (bicyclic) bond motifs is 1. The fourth-order valence-corrected chi connectivity index (χ4v) is 5.63. The van der Waals surface area contributed by atoms with Crippen LogP contribution in [0.2, 0.25) is 0 Å². The molecule has 43 heavy (non-hydrogen) atoms. The van der Waals surface area contributed by atoms with Crippen LogP contribution >= 0.6 is 11.3 Å². The summed E-state index contributed by atoms with van der Waals surface area (Å²) in [6.45, 7) is 8.96. The fraction of sp³-hybridized carbons (Fsp3) is 0.517. The van der Waals surface area contributed by atoms with Crippen LogP contribution in [0.3, 0.4) is 0 Å². The molecule has 4 heterocycles. The number of rotatable bonds is 12. The van der Waals surface area contributed by atoms with E-state index in [1.54, 1.807) is 44.8 Å². The molecule has 0 saturated carbocycles. The Labute approximate surface area is 299 Å². The molecule has 3 aromatic heterocycles.